The highest BCUT2D eigenvalue weighted by molar-refractivity contribution is 5.94. The monoisotopic (exact) mass is 959 g/mol. The fourth-order valence-corrected chi connectivity index (χ4v) is 12.3. The zero-order valence-corrected chi connectivity index (χ0v) is 40.2. The van der Waals surface area contributed by atoms with Gasteiger partial charge in [-0.2, -0.15) is 10.2 Å². The summed E-state index contributed by atoms with van der Waals surface area (Å²) in [6.45, 7) is 6.60. The van der Waals surface area contributed by atoms with Crippen molar-refractivity contribution in [3.05, 3.63) is 104 Å². The molecule has 3 amide bonds. The average molecular weight is 959 g/mol. The van der Waals surface area contributed by atoms with Gasteiger partial charge in [-0.05, 0) is 174 Å². The van der Waals surface area contributed by atoms with Gasteiger partial charge in [-0.15, -0.1) is 0 Å². The predicted octanol–water partition coefficient (Wildman–Crippen LogP) is 5.42. The number of carboxylic acids is 1. The topological polar surface area (TPSA) is 186 Å². The molecule has 0 spiro atoms. The number of benzene rings is 2. The number of aromatic nitrogens is 4. The van der Waals surface area contributed by atoms with Crippen molar-refractivity contribution in [2.75, 3.05) is 52.4 Å². The number of amides is 3. The summed E-state index contributed by atoms with van der Waals surface area (Å²) in [7, 11) is 0. The van der Waals surface area contributed by atoms with Crippen LogP contribution in [0.2, 0.25) is 0 Å². The first-order valence-electron chi connectivity index (χ1n) is 26.1. The van der Waals surface area contributed by atoms with Gasteiger partial charge in [0.2, 0.25) is 11.8 Å². The Hall–Kier alpha value is -5.38. The molecule has 15 nitrogen and oxygen atoms in total. The lowest BCUT2D eigenvalue weighted by Crippen LogP contribution is -2.41. The molecular weight excluding hydrogens is 885 g/mol. The van der Waals surface area contributed by atoms with Crippen molar-refractivity contribution in [3.8, 4) is 0 Å². The van der Waals surface area contributed by atoms with E-state index in [2.05, 4.69) is 51.9 Å². The lowest BCUT2D eigenvalue weighted by atomic mass is 9.78. The standard InChI is InChI=1S/C27H34N4O3.C22H25N3O3.C5H11NO.CH4/c32-20-11-15-30(16-12-20)27(34)26-23-5-2-6-24(23)31(28-26)17-25(33)29-13-9-19(10-14-29)21-4-1-3-18-7-8-22(18)21;26-20(13-25-19-6-2-5-18(19)21(23-25)22(27)28)24-11-9-15(10-12-24)16-4-1-3-14-7-8-17(14)16;7-5-1-3-6-4-2-5;/h1,3-4,19-20,32H,2,5-17H2;1,3-4,15H,2,5-13H2,(H,27,28);5-7H,1-4H2;1H4. The van der Waals surface area contributed by atoms with E-state index in [1.54, 1.807) is 15.8 Å². The summed E-state index contributed by atoms with van der Waals surface area (Å²) < 4.78 is 3.45. The molecule has 6 heterocycles. The van der Waals surface area contributed by atoms with Gasteiger partial charge < -0.3 is 35.3 Å². The Bertz CT molecular complexity index is 2540. The van der Waals surface area contributed by atoms with E-state index in [4.69, 9.17) is 5.11 Å². The van der Waals surface area contributed by atoms with Crippen molar-refractivity contribution in [2.24, 2.45) is 0 Å². The zero-order chi connectivity index (χ0) is 47.6. The van der Waals surface area contributed by atoms with Gasteiger partial charge in [0.1, 0.15) is 13.1 Å². The fourth-order valence-electron chi connectivity index (χ4n) is 12.3. The van der Waals surface area contributed by atoms with Crippen LogP contribution in [0.25, 0.3) is 0 Å². The molecule has 2 aromatic heterocycles. The molecule has 0 unspecified atom stereocenters. The molecule has 12 rings (SSSR count). The summed E-state index contributed by atoms with van der Waals surface area (Å²) in [6, 6.07) is 13.4. The van der Waals surface area contributed by atoms with Crippen LogP contribution < -0.4 is 5.32 Å². The fraction of sp³-hybridized carbons (Fsp3) is 0.600. The molecule has 15 heteroatoms. The van der Waals surface area contributed by atoms with E-state index >= 15 is 0 Å². The molecule has 0 radical (unpaired) electrons. The van der Waals surface area contributed by atoms with Crippen LogP contribution in [0.4, 0.5) is 0 Å². The van der Waals surface area contributed by atoms with E-state index in [1.165, 1.54) is 47.9 Å². The molecule has 4 fully saturated rings. The second kappa shape index (κ2) is 21.9. The predicted molar refractivity (Wildman–Crippen MR) is 266 cm³/mol. The summed E-state index contributed by atoms with van der Waals surface area (Å²) in [5.74, 6) is 0.221. The molecule has 376 valence electrons. The van der Waals surface area contributed by atoms with E-state index < -0.39 is 5.97 Å². The number of piperidine rings is 4. The highest BCUT2D eigenvalue weighted by atomic mass is 16.4. The van der Waals surface area contributed by atoms with Gasteiger partial charge in [-0.1, -0.05) is 43.8 Å². The number of rotatable bonds is 8. The third kappa shape index (κ3) is 10.5. The van der Waals surface area contributed by atoms with Crippen LogP contribution >= 0.6 is 0 Å². The summed E-state index contributed by atoms with van der Waals surface area (Å²) >= 11 is 0. The highest BCUT2D eigenvalue weighted by Gasteiger charge is 2.34. The molecule has 4 aromatic rings. The van der Waals surface area contributed by atoms with Gasteiger partial charge >= 0.3 is 5.97 Å². The van der Waals surface area contributed by atoms with Crippen LogP contribution in [0.5, 0.6) is 0 Å². The molecule has 0 bridgehead atoms. The summed E-state index contributed by atoms with van der Waals surface area (Å²) in [6.07, 6.45) is 16.8. The Labute approximate surface area is 412 Å². The van der Waals surface area contributed by atoms with Gasteiger partial charge in [-0.25, -0.2) is 4.79 Å². The maximum Gasteiger partial charge on any atom is 0.356 e. The number of carbonyl (C=O) groups excluding carboxylic acids is 3. The number of aromatic carboxylic acids is 1. The first kappa shape index (κ1) is 49.6. The van der Waals surface area contributed by atoms with Gasteiger partial charge in [0, 0.05) is 61.8 Å². The van der Waals surface area contributed by atoms with E-state index in [1.807, 2.05) is 19.4 Å². The Balaban J connectivity index is 0.000000153. The lowest BCUT2D eigenvalue weighted by molar-refractivity contribution is -0.134. The normalized spacial score (nSPS) is 20.0. The number of aliphatic hydroxyl groups is 2. The van der Waals surface area contributed by atoms with Gasteiger partial charge in [0.15, 0.2) is 11.4 Å². The molecular formula is C55H74N8O7. The van der Waals surface area contributed by atoms with Crippen LogP contribution in [-0.4, -0.2) is 138 Å². The number of likely N-dealkylation sites (tertiary alicyclic amines) is 3. The van der Waals surface area contributed by atoms with Gasteiger partial charge in [-0.3, -0.25) is 23.7 Å². The van der Waals surface area contributed by atoms with Crippen molar-refractivity contribution in [1.29, 1.82) is 0 Å². The van der Waals surface area contributed by atoms with Crippen LogP contribution in [-0.2, 0) is 74.0 Å². The second-order valence-corrected chi connectivity index (χ2v) is 20.7. The number of aliphatic hydroxyl groups excluding tert-OH is 2. The van der Waals surface area contributed by atoms with E-state index in [9.17, 15) is 29.4 Å². The molecule has 4 aliphatic carbocycles. The number of carboxylic acid groups (broad SMARTS) is 1. The number of hydrogen-bond acceptors (Lipinski definition) is 9. The molecule has 8 aliphatic rings. The third-order valence-electron chi connectivity index (χ3n) is 16.5. The number of nitrogens with one attached hydrogen (secondary N) is 1. The van der Waals surface area contributed by atoms with E-state index in [-0.39, 0.29) is 56.1 Å². The minimum atomic E-state index is -0.996. The van der Waals surface area contributed by atoms with Crippen LogP contribution in [0.1, 0.15) is 160 Å². The Kier molecular flexibility index (Phi) is 15.5. The minimum absolute atomic E-state index is 0. The summed E-state index contributed by atoms with van der Waals surface area (Å²) in [5, 5.41) is 40.0. The molecule has 0 atom stereocenters. The molecule has 2 aromatic carbocycles. The first-order chi connectivity index (χ1) is 33.6. The van der Waals surface area contributed by atoms with Crippen molar-refractivity contribution in [3.63, 3.8) is 0 Å². The lowest BCUT2D eigenvalue weighted by Gasteiger charge is -2.35. The van der Waals surface area contributed by atoms with Crippen LogP contribution in [0, 0.1) is 0 Å². The second-order valence-electron chi connectivity index (χ2n) is 20.7. The largest absolute Gasteiger partial charge is 0.476 e. The minimum Gasteiger partial charge on any atom is -0.476 e. The maximum atomic E-state index is 13.2. The molecule has 4 N–H and O–H groups in total. The maximum absolute atomic E-state index is 13.2. The van der Waals surface area contributed by atoms with Crippen molar-refractivity contribution in [1.82, 2.24) is 39.6 Å². The van der Waals surface area contributed by atoms with Crippen LogP contribution in [0.15, 0.2) is 36.4 Å². The summed E-state index contributed by atoms with van der Waals surface area (Å²) in [4.78, 5) is 56.3. The average Bonchev–Trinajstić information content (AvgIpc) is 4.16. The zero-order valence-electron chi connectivity index (χ0n) is 40.2. The molecule has 4 saturated heterocycles. The van der Waals surface area contributed by atoms with Gasteiger partial charge in [0.25, 0.3) is 5.91 Å². The SMILES string of the molecule is C.O=C(Cn1nc(C(=O)N2CCC(O)CC2)c2c1CCC2)N1CCC(c2cccc3c2CC3)CC1.O=C(O)c1nn(CC(=O)N2CCC(c3cccc4c3CC4)CC2)c2c1CCC2.OC1CCNCC1. The Morgan fingerprint density at radius 1 is 0.529 bits per heavy atom. The molecule has 0 saturated carbocycles. The van der Waals surface area contributed by atoms with E-state index in [0.29, 0.717) is 43.5 Å². The van der Waals surface area contributed by atoms with Crippen molar-refractivity contribution >= 4 is 23.7 Å². The van der Waals surface area contributed by atoms with Crippen LogP contribution in [0.3, 0.4) is 0 Å². The third-order valence-corrected chi connectivity index (χ3v) is 16.5. The Morgan fingerprint density at radius 3 is 1.40 bits per heavy atom. The smallest absolute Gasteiger partial charge is 0.356 e. The summed E-state index contributed by atoms with van der Waals surface area (Å²) in [5.41, 5.74) is 13.6. The number of fused-ring (bicyclic) bond motifs is 4. The van der Waals surface area contributed by atoms with Crippen molar-refractivity contribution < 1.29 is 34.5 Å². The van der Waals surface area contributed by atoms with Crippen molar-refractivity contribution in [2.45, 2.75) is 160 Å². The highest BCUT2D eigenvalue weighted by Crippen LogP contribution is 2.38. The quantitative estimate of drug-likeness (QED) is 0.178. The number of nitrogens with zero attached hydrogens (tertiary/aromatic N) is 7. The molecule has 70 heavy (non-hydrogen) atoms. The Morgan fingerprint density at radius 2 is 0.971 bits per heavy atom. The van der Waals surface area contributed by atoms with E-state index in [0.717, 1.165) is 139 Å². The number of carbonyl (C=O) groups is 4. The number of hydrogen-bond donors (Lipinski definition) is 4. The van der Waals surface area contributed by atoms with Gasteiger partial charge in [0.05, 0.1) is 12.2 Å². The molecule has 4 aliphatic heterocycles. The number of aryl methyl sites for hydroxylation is 2. The first-order valence-corrected chi connectivity index (χ1v) is 26.1.